The normalized spacial score (nSPS) is 18.0. The third-order valence-corrected chi connectivity index (χ3v) is 4.88. The molecule has 0 aromatic carbocycles. The van der Waals surface area contributed by atoms with Gasteiger partial charge in [0, 0.05) is 11.3 Å². The van der Waals surface area contributed by atoms with Crippen LogP contribution in [0.4, 0.5) is 0 Å². The van der Waals surface area contributed by atoms with E-state index in [0.29, 0.717) is 17.8 Å². The number of allylic oxidation sites excluding steroid dienone is 2. The predicted molar refractivity (Wildman–Crippen MR) is 86.6 cm³/mol. The number of thiophene rings is 1. The monoisotopic (exact) mass is 382 g/mol. The van der Waals surface area contributed by atoms with E-state index in [0.717, 1.165) is 8.66 Å². The Bertz CT molecular complexity index is 700. The van der Waals surface area contributed by atoms with Gasteiger partial charge in [-0.15, -0.1) is 11.3 Å². The molecule has 116 valence electrons. The molecule has 1 aliphatic rings. The van der Waals surface area contributed by atoms with Crippen LogP contribution in [-0.4, -0.2) is 12.6 Å². The Hall–Kier alpha value is -1.78. The molecule has 0 saturated carbocycles. The van der Waals surface area contributed by atoms with Gasteiger partial charge in [-0.1, -0.05) is 6.92 Å². The minimum atomic E-state index is -0.552. The Morgan fingerprint density at radius 2 is 2.27 bits per heavy atom. The number of esters is 1. The van der Waals surface area contributed by atoms with E-state index in [1.807, 2.05) is 19.1 Å². The van der Waals surface area contributed by atoms with Crippen LogP contribution < -0.4 is 5.73 Å². The second kappa shape index (κ2) is 6.99. The number of carbonyl (C=O) groups is 1. The number of nitriles is 1. The molecule has 0 spiro atoms. The summed E-state index contributed by atoms with van der Waals surface area (Å²) >= 11 is 4.85. The fraction of sp³-hybridized carbons (Fsp3) is 0.333. The van der Waals surface area contributed by atoms with Crippen molar-refractivity contribution in [2.75, 3.05) is 6.61 Å². The Morgan fingerprint density at radius 1 is 1.55 bits per heavy atom. The first kappa shape index (κ1) is 16.6. The molecule has 22 heavy (non-hydrogen) atoms. The van der Waals surface area contributed by atoms with Gasteiger partial charge in [0.25, 0.3) is 0 Å². The zero-order valence-corrected chi connectivity index (χ0v) is 14.6. The molecule has 5 nitrogen and oxygen atoms in total. The molecule has 0 fully saturated rings. The van der Waals surface area contributed by atoms with Crippen LogP contribution in [0, 0.1) is 11.3 Å². The molecule has 2 rings (SSSR count). The van der Waals surface area contributed by atoms with Crippen LogP contribution >= 0.6 is 27.3 Å². The first-order valence-electron chi connectivity index (χ1n) is 6.76. The first-order valence-corrected chi connectivity index (χ1v) is 8.37. The van der Waals surface area contributed by atoms with Crippen molar-refractivity contribution >= 4 is 33.2 Å². The lowest BCUT2D eigenvalue weighted by Gasteiger charge is -2.26. The van der Waals surface area contributed by atoms with Gasteiger partial charge in [0.15, 0.2) is 0 Å². The summed E-state index contributed by atoms with van der Waals surface area (Å²) < 4.78 is 11.5. The van der Waals surface area contributed by atoms with Gasteiger partial charge in [0.2, 0.25) is 5.88 Å². The van der Waals surface area contributed by atoms with Crippen molar-refractivity contribution in [2.24, 2.45) is 5.73 Å². The maximum absolute atomic E-state index is 12.4. The van der Waals surface area contributed by atoms with E-state index in [1.165, 1.54) is 11.3 Å². The van der Waals surface area contributed by atoms with Crippen molar-refractivity contribution in [1.82, 2.24) is 0 Å². The Balaban J connectivity index is 2.62. The van der Waals surface area contributed by atoms with Crippen molar-refractivity contribution in [2.45, 2.75) is 26.2 Å². The second-order valence-electron chi connectivity index (χ2n) is 4.48. The largest absolute Gasteiger partial charge is 0.463 e. The molecule has 0 bridgehead atoms. The average Bonchev–Trinajstić information content (AvgIpc) is 2.92. The van der Waals surface area contributed by atoms with Crippen molar-refractivity contribution in [1.29, 1.82) is 5.26 Å². The number of hydrogen-bond donors (Lipinski definition) is 1. The number of ether oxygens (including phenoxy) is 2. The highest BCUT2D eigenvalue weighted by molar-refractivity contribution is 9.11. The highest BCUT2D eigenvalue weighted by atomic mass is 79.9. The van der Waals surface area contributed by atoms with E-state index < -0.39 is 11.9 Å². The fourth-order valence-electron chi connectivity index (χ4n) is 2.28. The number of halogens is 1. The third-order valence-electron chi connectivity index (χ3n) is 3.19. The van der Waals surface area contributed by atoms with E-state index in [2.05, 4.69) is 22.0 Å². The standard InChI is InChI=1S/C15H15BrN2O3S/c1-3-9-13(15(19)20-4-2)12(8(7-17)14(18)21-9)10-5-6-11(16)22-10/h5-6,12H,3-4,18H2,1-2H3. The lowest BCUT2D eigenvalue weighted by molar-refractivity contribution is -0.139. The number of hydrogen-bond acceptors (Lipinski definition) is 6. The smallest absolute Gasteiger partial charge is 0.338 e. The van der Waals surface area contributed by atoms with Gasteiger partial charge in [-0.2, -0.15) is 5.26 Å². The molecule has 0 aliphatic carbocycles. The van der Waals surface area contributed by atoms with E-state index in [9.17, 15) is 10.1 Å². The molecular weight excluding hydrogens is 368 g/mol. The van der Waals surface area contributed by atoms with E-state index in [-0.39, 0.29) is 18.1 Å². The summed E-state index contributed by atoms with van der Waals surface area (Å²) in [7, 11) is 0. The summed E-state index contributed by atoms with van der Waals surface area (Å²) in [6.07, 6.45) is 0.483. The lowest BCUT2D eigenvalue weighted by atomic mass is 9.87. The number of nitrogens with two attached hydrogens (primary N) is 1. The maximum Gasteiger partial charge on any atom is 0.338 e. The van der Waals surface area contributed by atoms with Crippen LogP contribution in [0.15, 0.2) is 38.7 Å². The van der Waals surface area contributed by atoms with Crippen LogP contribution in [-0.2, 0) is 14.3 Å². The molecule has 1 aliphatic heterocycles. The van der Waals surface area contributed by atoms with Gasteiger partial charge in [-0.3, -0.25) is 0 Å². The molecule has 2 N–H and O–H groups in total. The molecule has 1 unspecified atom stereocenters. The summed E-state index contributed by atoms with van der Waals surface area (Å²) in [4.78, 5) is 13.2. The summed E-state index contributed by atoms with van der Waals surface area (Å²) in [5, 5.41) is 9.44. The van der Waals surface area contributed by atoms with Gasteiger partial charge >= 0.3 is 5.97 Å². The summed E-state index contributed by atoms with van der Waals surface area (Å²) in [6.45, 7) is 3.85. The third kappa shape index (κ3) is 3.03. The molecular formula is C15H15BrN2O3S. The highest BCUT2D eigenvalue weighted by Gasteiger charge is 2.37. The number of rotatable bonds is 4. The minimum Gasteiger partial charge on any atom is -0.463 e. The van der Waals surface area contributed by atoms with Crippen LogP contribution in [0.5, 0.6) is 0 Å². The van der Waals surface area contributed by atoms with Gasteiger partial charge in [0.1, 0.15) is 17.4 Å². The molecule has 7 heteroatoms. The Morgan fingerprint density at radius 3 is 2.77 bits per heavy atom. The Labute approximate surface area is 141 Å². The van der Waals surface area contributed by atoms with Crippen molar-refractivity contribution < 1.29 is 14.3 Å². The second-order valence-corrected chi connectivity index (χ2v) is 6.97. The molecule has 1 atom stereocenters. The van der Waals surface area contributed by atoms with Crippen molar-refractivity contribution in [3.8, 4) is 6.07 Å². The average molecular weight is 383 g/mol. The van der Waals surface area contributed by atoms with Crippen LogP contribution in [0.25, 0.3) is 0 Å². The van der Waals surface area contributed by atoms with Crippen LogP contribution in [0.1, 0.15) is 31.1 Å². The summed E-state index contributed by atoms with van der Waals surface area (Å²) in [5.74, 6) is -0.537. The van der Waals surface area contributed by atoms with Crippen LogP contribution in [0.3, 0.4) is 0 Å². The summed E-state index contributed by atoms with van der Waals surface area (Å²) in [5.41, 5.74) is 6.45. The molecule has 0 saturated heterocycles. The number of carbonyl (C=O) groups excluding carboxylic acids is 1. The van der Waals surface area contributed by atoms with Crippen molar-refractivity contribution in [3.05, 3.63) is 43.6 Å². The van der Waals surface area contributed by atoms with E-state index in [4.69, 9.17) is 15.2 Å². The minimum absolute atomic E-state index is 0.0434. The topological polar surface area (TPSA) is 85.3 Å². The highest BCUT2D eigenvalue weighted by Crippen LogP contribution is 2.43. The van der Waals surface area contributed by atoms with E-state index in [1.54, 1.807) is 6.92 Å². The molecule has 0 radical (unpaired) electrons. The van der Waals surface area contributed by atoms with Crippen molar-refractivity contribution in [3.63, 3.8) is 0 Å². The fourth-order valence-corrected chi connectivity index (χ4v) is 3.82. The predicted octanol–water partition coefficient (Wildman–Crippen LogP) is 3.55. The van der Waals surface area contributed by atoms with Crippen LogP contribution in [0.2, 0.25) is 0 Å². The van der Waals surface area contributed by atoms with Gasteiger partial charge in [-0.05, 0) is 35.0 Å². The molecule has 2 heterocycles. The number of nitrogens with zero attached hydrogens (tertiary/aromatic N) is 1. The van der Waals surface area contributed by atoms with Gasteiger partial charge in [0.05, 0.1) is 21.9 Å². The van der Waals surface area contributed by atoms with Gasteiger partial charge in [-0.25, -0.2) is 4.79 Å². The zero-order chi connectivity index (χ0) is 16.3. The Kier molecular flexibility index (Phi) is 5.27. The first-order chi connectivity index (χ1) is 10.5. The summed E-state index contributed by atoms with van der Waals surface area (Å²) in [6, 6.07) is 5.80. The zero-order valence-electron chi connectivity index (χ0n) is 12.2. The van der Waals surface area contributed by atoms with Gasteiger partial charge < -0.3 is 15.2 Å². The maximum atomic E-state index is 12.4. The lowest BCUT2D eigenvalue weighted by Crippen LogP contribution is -2.25. The SMILES string of the molecule is CCOC(=O)C1=C(CC)OC(N)=C(C#N)C1c1ccc(Br)s1. The van der Waals surface area contributed by atoms with E-state index >= 15 is 0 Å². The molecule has 1 aromatic heterocycles. The molecule has 0 amide bonds. The molecule has 1 aromatic rings. The quantitative estimate of drug-likeness (QED) is 0.804.